The van der Waals surface area contributed by atoms with Crippen molar-refractivity contribution >= 4 is 11.7 Å². The first-order valence-corrected chi connectivity index (χ1v) is 10.1. The van der Waals surface area contributed by atoms with Gasteiger partial charge < -0.3 is 10.2 Å². The molecule has 1 aliphatic heterocycles. The lowest BCUT2D eigenvalue weighted by Crippen LogP contribution is -2.32. The van der Waals surface area contributed by atoms with Crippen molar-refractivity contribution in [3.05, 3.63) is 64.6 Å². The molecule has 0 fully saturated rings. The molecule has 4 rings (SSSR count). The highest BCUT2D eigenvalue weighted by molar-refractivity contribution is 5.93. The molecule has 0 atom stereocenters. The monoisotopic (exact) mass is 401 g/mol. The quantitative estimate of drug-likeness (QED) is 0.705. The van der Waals surface area contributed by atoms with Gasteiger partial charge in [0.25, 0.3) is 5.91 Å². The zero-order valence-electron chi connectivity index (χ0n) is 17.1. The van der Waals surface area contributed by atoms with Crippen LogP contribution in [0.3, 0.4) is 0 Å². The predicted molar refractivity (Wildman–Crippen MR) is 112 cm³/mol. The Morgan fingerprint density at radius 3 is 2.97 bits per heavy atom. The van der Waals surface area contributed by atoms with Crippen molar-refractivity contribution in [2.75, 3.05) is 18.0 Å². The Morgan fingerprint density at radius 1 is 1.30 bits per heavy atom. The highest BCUT2D eigenvalue weighted by Gasteiger charge is 2.24. The van der Waals surface area contributed by atoms with Crippen molar-refractivity contribution < 1.29 is 4.79 Å². The van der Waals surface area contributed by atoms with Gasteiger partial charge in [-0.2, -0.15) is 5.26 Å². The molecule has 0 saturated carbocycles. The summed E-state index contributed by atoms with van der Waals surface area (Å²) in [6.07, 6.45) is 3.36. The standard InChI is InChI=1S/C22H23N7O/c1-3-10-25-22(30)20-15(2)29(27-26-20)19-8-4-6-17-14-28(12-9-18(17)19)21-16(13-23)7-5-11-24-21/h4-8,11H,3,9-10,12,14H2,1-2H3,(H,25,30). The number of hydrogen-bond acceptors (Lipinski definition) is 6. The van der Waals surface area contributed by atoms with Gasteiger partial charge in [-0.1, -0.05) is 24.3 Å². The average Bonchev–Trinajstić information content (AvgIpc) is 3.17. The summed E-state index contributed by atoms with van der Waals surface area (Å²) in [5.74, 6) is 0.513. The number of anilines is 1. The van der Waals surface area contributed by atoms with Crippen LogP contribution in [0.5, 0.6) is 0 Å². The van der Waals surface area contributed by atoms with Crippen LogP contribution in [0.15, 0.2) is 36.5 Å². The van der Waals surface area contributed by atoms with Crippen molar-refractivity contribution in [2.45, 2.75) is 33.2 Å². The zero-order valence-corrected chi connectivity index (χ0v) is 17.1. The molecule has 0 saturated heterocycles. The number of hydrogen-bond donors (Lipinski definition) is 1. The van der Waals surface area contributed by atoms with Crippen LogP contribution < -0.4 is 10.2 Å². The van der Waals surface area contributed by atoms with Gasteiger partial charge in [-0.15, -0.1) is 5.10 Å². The number of carbonyl (C=O) groups excluding carboxylic acids is 1. The number of nitrogens with one attached hydrogen (secondary N) is 1. The van der Waals surface area contributed by atoms with Crippen LogP contribution in [0.2, 0.25) is 0 Å². The lowest BCUT2D eigenvalue weighted by atomic mass is 9.97. The SMILES string of the molecule is CCCNC(=O)c1nnn(-c2cccc3c2CCN(c2ncccc2C#N)C3)c1C. The van der Waals surface area contributed by atoms with Gasteiger partial charge in [-0.25, -0.2) is 9.67 Å². The number of amides is 1. The van der Waals surface area contributed by atoms with E-state index in [2.05, 4.69) is 37.6 Å². The third-order valence-corrected chi connectivity index (χ3v) is 5.32. The molecule has 0 radical (unpaired) electrons. The summed E-state index contributed by atoms with van der Waals surface area (Å²) in [7, 11) is 0. The fourth-order valence-electron chi connectivity index (χ4n) is 3.79. The minimum atomic E-state index is -0.198. The Hall–Kier alpha value is -3.73. The van der Waals surface area contributed by atoms with Crippen molar-refractivity contribution in [1.29, 1.82) is 5.26 Å². The molecule has 3 aromatic rings. The van der Waals surface area contributed by atoms with E-state index in [1.54, 1.807) is 23.0 Å². The summed E-state index contributed by atoms with van der Waals surface area (Å²) >= 11 is 0. The molecule has 1 aromatic carbocycles. The number of nitrogens with zero attached hydrogens (tertiary/aromatic N) is 6. The van der Waals surface area contributed by atoms with E-state index < -0.39 is 0 Å². The predicted octanol–water partition coefficient (Wildman–Crippen LogP) is 2.54. The van der Waals surface area contributed by atoms with Gasteiger partial charge in [-0.3, -0.25) is 4.79 Å². The summed E-state index contributed by atoms with van der Waals surface area (Å²) in [6.45, 7) is 5.89. The summed E-state index contributed by atoms with van der Waals surface area (Å²) in [4.78, 5) is 18.9. The lowest BCUT2D eigenvalue weighted by Gasteiger charge is -2.31. The van der Waals surface area contributed by atoms with Gasteiger partial charge in [0.1, 0.15) is 11.9 Å². The molecular formula is C22H23N7O. The van der Waals surface area contributed by atoms with Crippen molar-refractivity contribution in [3.63, 3.8) is 0 Å². The molecule has 30 heavy (non-hydrogen) atoms. The van der Waals surface area contributed by atoms with Crippen LogP contribution in [0.25, 0.3) is 5.69 Å². The number of carbonyl (C=O) groups is 1. The molecule has 1 aliphatic rings. The van der Waals surface area contributed by atoms with Crippen LogP contribution >= 0.6 is 0 Å². The van der Waals surface area contributed by atoms with E-state index in [1.807, 2.05) is 26.0 Å². The first kappa shape index (κ1) is 19.6. The third-order valence-electron chi connectivity index (χ3n) is 5.32. The molecule has 8 heteroatoms. The maximum atomic E-state index is 12.4. The molecule has 152 valence electrons. The molecule has 2 aromatic heterocycles. The largest absolute Gasteiger partial charge is 0.351 e. The van der Waals surface area contributed by atoms with Gasteiger partial charge in [0.2, 0.25) is 0 Å². The van der Waals surface area contributed by atoms with Gasteiger partial charge in [0.05, 0.1) is 16.9 Å². The van der Waals surface area contributed by atoms with Gasteiger partial charge in [0.15, 0.2) is 5.69 Å². The molecule has 1 N–H and O–H groups in total. The highest BCUT2D eigenvalue weighted by atomic mass is 16.2. The smallest absolute Gasteiger partial charge is 0.273 e. The Kier molecular flexibility index (Phi) is 5.44. The maximum absolute atomic E-state index is 12.4. The van der Waals surface area contributed by atoms with Gasteiger partial charge in [-0.05, 0) is 49.1 Å². The Labute approximate surface area is 175 Å². The molecule has 0 spiro atoms. The second kappa shape index (κ2) is 8.33. The highest BCUT2D eigenvalue weighted by Crippen LogP contribution is 2.29. The van der Waals surface area contributed by atoms with Gasteiger partial charge in [0, 0.05) is 25.8 Å². The summed E-state index contributed by atoms with van der Waals surface area (Å²) in [6, 6.07) is 11.9. The number of rotatable bonds is 5. The molecule has 0 unspecified atom stereocenters. The van der Waals surface area contributed by atoms with E-state index in [4.69, 9.17) is 0 Å². The third kappa shape index (κ3) is 3.50. The molecular weight excluding hydrogens is 378 g/mol. The van der Waals surface area contributed by atoms with Crippen LogP contribution in [0.1, 0.15) is 46.2 Å². The molecule has 1 amide bonds. The van der Waals surface area contributed by atoms with Crippen molar-refractivity contribution in [3.8, 4) is 11.8 Å². The molecule has 3 heterocycles. The fraction of sp³-hybridized carbons (Fsp3) is 0.318. The van der Waals surface area contributed by atoms with Gasteiger partial charge >= 0.3 is 0 Å². The van der Waals surface area contributed by atoms with Crippen molar-refractivity contribution in [1.82, 2.24) is 25.3 Å². The van der Waals surface area contributed by atoms with E-state index >= 15 is 0 Å². The number of fused-ring (bicyclic) bond motifs is 1. The van der Waals surface area contributed by atoms with Crippen LogP contribution in [-0.2, 0) is 13.0 Å². The van der Waals surface area contributed by atoms with Crippen LogP contribution in [0.4, 0.5) is 5.82 Å². The van der Waals surface area contributed by atoms with E-state index in [0.717, 1.165) is 36.3 Å². The lowest BCUT2D eigenvalue weighted by molar-refractivity contribution is 0.0948. The first-order valence-electron chi connectivity index (χ1n) is 10.1. The van der Waals surface area contributed by atoms with Crippen LogP contribution in [-0.4, -0.2) is 39.0 Å². The number of pyridine rings is 1. The fourth-order valence-corrected chi connectivity index (χ4v) is 3.79. The van der Waals surface area contributed by atoms with E-state index in [9.17, 15) is 10.1 Å². The number of nitriles is 1. The Morgan fingerprint density at radius 2 is 2.17 bits per heavy atom. The summed E-state index contributed by atoms with van der Waals surface area (Å²) in [5.41, 5.74) is 4.92. The normalized spacial score (nSPS) is 12.9. The zero-order chi connectivity index (χ0) is 21.1. The Balaban J connectivity index is 1.65. The van der Waals surface area contributed by atoms with E-state index in [1.165, 1.54) is 5.56 Å². The summed E-state index contributed by atoms with van der Waals surface area (Å²) < 4.78 is 1.75. The second-order valence-electron chi connectivity index (χ2n) is 7.26. The first-order chi connectivity index (χ1) is 14.6. The molecule has 8 nitrogen and oxygen atoms in total. The van der Waals surface area contributed by atoms with Crippen LogP contribution in [0, 0.1) is 18.3 Å². The maximum Gasteiger partial charge on any atom is 0.273 e. The van der Waals surface area contributed by atoms with E-state index in [0.29, 0.717) is 30.2 Å². The average molecular weight is 401 g/mol. The van der Waals surface area contributed by atoms with Crippen molar-refractivity contribution in [2.24, 2.45) is 0 Å². The summed E-state index contributed by atoms with van der Waals surface area (Å²) in [5, 5.41) is 20.6. The Bertz CT molecular complexity index is 1130. The van der Waals surface area contributed by atoms with E-state index in [-0.39, 0.29) is 5.91 Å². The molecule has 0 aliphatic carbocycles. The minimum absolute atomic E-state index is 0.198. The number of aromatic nitrogens is 4. The number of benzene rings is 1. The minimum Gasteiger partial charge on any atom is -0.351 e. The molecule has 0 bridgehead atoms. The topological polar surface area (TPSA) is 99.7 Å². The second-order valence-corrected chi connectivity index (χ2v) is 7.26.